The van der Waals surface area contributed by atoms with Gasteiger partial charge in [0.2, 0.25) is 11.8 Å². The molecule has 2 saturated carbocycles. The maximum atomic E-state index is 15.1. The van der Waals surface area contributed by atoms with Crippen LogP contribution in [0.3, 0.4) is 0 Å². The van der Waals surface area contributed by atoms with Crippen molar-refractivity contribution in [3.8, 4) is 17.0 Å². The molecule has 3 aromatic rings. The van der Waals surface area contributed by atoms with Crippen LogP contribution in [0.25, 0.3) is 22.2 Å². The Labute approximate surface area is 298 Å². The van der Waals surface area contributed by atoms with Crippen LogP contribution in [0.15, 0.2) is 36.4 Å². The van der Waals surface area contributed by atoms with E-state index in [1.165, 1.54) is 26.1 Å². The normalized spacial score (nSPS) is 29.6. The molecule has 5 unspecified atom stereocenters. The monoisotopic (exact) mass is 714 g/mol. The predicted octanol–water partition coefficient (Wildman–Crippen LogP) is 3.51. The van der Waals surface area contributed by atoms with Gasteiger partial charge >= 0.3 is 10.2 Å². The molecule has 2 aromatic carbocycles. The molecule has 4 aliphatic heterocycles. The molecule has 5 fully saturated rings. The number of carbonyl (C=O) groups excluding carboxylic acids is 3. The largest absolute Gasteiger partial charge is 0.497 e. The fraction of sp³-hybridized carbons (Fsp3) is 0.553. The second-order valence-electron chi connectivity index (χ2n) is 16.0. The Morgan fingerprint density at radius 1 is 0.980 bits per heavy atom. The van der Waals surface area contributed by atoms with Gasteiger partial charge in [-0.15, -0.1) is 0 Å². The van der Waals surface area contributed by atoms with Crippen molar-refractivity contribution in [3.63, 3.8) is 0 Å². The van der Waals surface area contributed by atoms with Gasteiger partial charge in [-0.1, -0.05) is 25.3 Å². The van der Waals surface area contributed by atoms with E-state index >= 15 is 4.79 Å². The van der Waals surface area contributed by atoms with Gasteiger partial charge in [-0.3, -0.25) is 19.3 Å². The lowest BCUT2D eigenvalue weighted by Gasteiger charge is -2.71. The Hall–Kier alpha value is -3.94. The van der Waals surface area contributed by atoms with Crippen LogP contribution in [0.2, 0.25) is 0 Å². The third kappa shape index (κ3) is 4.43. The quantitative estimate of drug-likeness (QED) is 0.415. The van der Waals surface area contributed by atoms with Crippen molar-refractivity contribution in [2.24, 2.45) is 5.41 Å². The summed E-state index contributed by atoms with van der Waals surface area (Å²) in [6.45, 7) is 4.03. The lowest BCUT2D eigenvalue weighted by atomic mass is 9.66. The van der Waals surface area contributed by atoms with Crippen LogP contribution >= 0.6 is 0 Å². The molecule has 9 rings (SSSR count). The third-order valence-corrected chi connectivity index (χ3v) is 14.8. The summed E-state index contributed by atoms with van der Waals surface area (Å²) in [5.74, 6) is 0.538. The molecule has 270 valence electrons. The van der Waals surface area contributed by atoms with E-state index in [0.717, 1.165) is 70.0 Å². The molecule has 2 aliphatic carbocycles. The number of piperazine rings is 1. The van der Waals surface area contributed by atoms with Gasteiger partial charge in [0.05, 0.1) is 35.8 Å². The zero-order valence-electron chi connectivity index (χ0n) is 29.9. The minimum atomic E-state index is -4.00. The number of aromatic nitrogens is 1. The number of nitrogens with one attached hydrogen (secondary N) is 1. The Bertz CT molecular complexity index is 2140. The summed E-state index contributed by atoms with van der Waals surface area (Å²) in [5, 5.41) is 1.04. The van der Waals surface area contributed by atoms with Crippen molar-refractivity contribution in [3.05, 3.63) is 53.1 Å². The van der Waals surface area contributed by atoms with E-state index in [1.54, 1.807) is 20.1 Å². The molecule has 6 aliphatic rings. The molecule has 1 N–H and O–H groups in total. The molecule has 13 heteroatoms. The van der Waals surface area contributed by atoms with E-state index in [0.29, 0.717) is 32.0 Å². The number of nitrogens with zero attached hydrogens (tertiary/aromatic N) is 5. The number of benzene rings is 2. The van der Waals surface area contributed by atoms with Gasteiger partial charge in [0, 0.05) is 75.1 Å². The molecule has 0 bridgehead atoms. The standard InChI is InChI=1S/C38H46N6O6S/c1-22(45)44-31-18-41(4)38(31)21-42(19-32(38)44)36(47)37-17-29(37)28-16-25(50-5)12-14-26(28)34-33(23-9-7-6-8-10-23)27-13-11-24(15-30(27)43(34)20-37)35(46)39-51(48,49)40(2)3/h11-16,23,29,31-32H,6-10,17-21H2,1-5H3,(H,39,46). The molecule has 5 atom stereocenters. The van der Waals surface area contributed by atoms with Gasteiger partial charge in [-0.05, 0) is 73.7 Å². The highest BCUT2D eigenvalue weighted by molar-refractivity contribution is 7.87. The Morgan fingerprint density at radius 2 is 1.73 bits per heavy atom. The summed E-state index contributed by atoms with van der Waals surface area (Å²) < 4.78 is 36.5. The summed E-state index contributed by atoms with van der Waals surface area (Å²) in [7, 11) is 2.53. The first kappa shape index (κ1) is 32.9. The van der Waals surface area contributed by atoms with E-state index in [1.807, 2.05) is 28.0 Å². The van der Waals surface area contributed by atoms with Crippen LogP contribution < -0.4 is 9.46 Å². The summed E-state index contributed by atoms with van der Waals surface area (Å²) in [4.78, 5) is 47.6. The number of hydrogen-bond donors (Lipinski definition) is 1. The predicted molar refractivity (Wildman–Crippen MR) is 192 cm³/mol. The lowest BCUT2D eigenvalue weighted by molar-refractivity contribution is -0.212. The number of amides is 3. The highest BCUT2D eigenvalue weighted by Crippen LogP contribution is 2.67. The highest BCUT2D eigenvalue weighted by atomic mass is 32.2. The Balaban J connectivity index is 1.19. The number of likely N-dealkylation sites (N-methyl/N-ethyl adjacent to an activating group) is 1. The van der Waals surface area contributed by atoms with E-state index < -0.39 is 21.5 Å². The number of rotatable bonds is 6. The highest BCUT2D eigenvalue weighted by Gasteiger charge is 2.75. The van der Waals surface area contributed by atoms with Crippen LogP contribution in [-0.4, -0.2) is 115 Å². The molecule has 3 amide bonds. The fourth-order valence-electron chi connectivity index (χ4n) is 10.7. The number of hydrogen-bond acceptors (Lipinski definition) is 7. The van der Waals surface area contributed by atoms with E-state index in [-0.39, 0.29) is 40.9 Å². The molecular formula is C38H46N6O6S. The third-order valence-electron chi connectivity index (χ3n) is 13.4. The Kier molecular flexibility index (Phi) is 7.13. The van der Waals surface area contributed by atoms with Gasteiger partial charge < -0.3 is 19.1 Å². The van der Waals surface area contributed by atoms with E-state index in [4.69, 9.17) is 4.74 Å². The topological polar surface area (TPSA) is 124 Å². The molecule has 51 heavy (non-hydrogen) atoms. The zero-order chi connectivity index (χ0) is 35.8. The molecule has 5 heterocycles. The molecule has 1 aromatic heterocycles. The van der Waals surface area contributed by atoms with Crippen LogP contribution in [-0.2, 0) is 26.3 Å². The van der Waals surface area contributed by atoms with Gasteiger partial charge in [0.25, 0.3) is 5.91 Å². The maximum absolute atomic E-state index is 15.1. The second-order valence-corrected chi connectivity index (χ2v) is 17.9. The second kappa shape index (κ2) is 11.0. The minimum absolute atomic E-state index is 0.00477. The van der Waals surface area contributed by atoms with Crippen molar-refractivity contribution in [2.45, 2.75) is 81.5 Å². The van der Waals surface area contributed by atoms with Crippen LogP contribution in [0.5, 0.6) is 5.75 Å². The maximum Gasteiger partial charge on any atom is 0.303 e. The van der Waals surface area contributed by atoms with Crippen LogP contribution in [0.1, 0.15) is 78.8 Å². The van der Waals surface area contributed by atoms with Gasteiger partial charge in [0.1, 0.15) is 5.75 Å². The number of methoxy groups -OCH3 is 1. The average Bonchev–Trinajstić information content (AvgIpc) is 3.62. The number of ether oxygens (including phenoxy) is 1. The molecule has 0 radical (unpaired) electrons. The summed E-state index contributed by atoms with van der Waals surface area (Å²) in [5.41, 5.74) is 4.73. The Morgan fingerprint density at radius 3 is 2.41 bits per heavy atom. The number of likely N-dealkylation sites (tertiary alicyclic amines) is 3. The van der Waals surface area contributed by atoms with Crippen molar-refractivity contribution < 1.29 is 27.5 Å². The SMILES string of the molecule is COc1ccc2c(c1)C1CC1(C(=O)N1CC3N(C(C)=O)C4CN(C)C34C1)Cn1c-2c(C2CCCCC2)c2ccc(C(=O)NS(=O)(=O)N(C)C)cc21. The summed E-state index contributed by atoms with van der Waals surface area (Å²) in [6, 6.07) is 11.9. The molecule has 12 nitrogen and oxygen atoms in total. The van der Waals surface area contributed by atoms with Crippen molar-refractivity contribution >= 4 is 38.8 Å². The molecule has 3 saturated heterocycles. The van der Waals surface area contributed by atoms with Crippen molar-refractivity contribution in [1.82, 2.24) is 28.3 Å². The molecule has 1 spiro atoms. The first-order valence-electron chi connectivity index (χ1n) is 18.2. The van der Waals surface area contributed by atoms with Gasteiger partial charge in [-0.25, -0.2) is 4.72 Å². The first-order chi connectivity index (χ1) is 24.3. The summed E-state index contributed by atoms with van der Waals surface area (Å²) in [6.07, 6.45) is 6.31. The fourth-order valence-corrected chi connectivity index (χ4v) is 11.2. The van der Waals surface area contributed by atoms with Gasteiger partial charge in [0.15, 0.2) is 0 Å². The lowest BCUT2D eigenvalue weighted by Crippen LogP contribution is -2.91. The minimum Gasteiger partial charge on any atom is -0.497 e. The number of fused-ring (bicyclic) bond motifs is 7. The smallest absolute Gasteiger partial charge is 0.303 e. The molecular weight excluding hydrogens is 669 g/mol. The number of carbonyl (C=O) groups is 3. The average molecular weight is 715 g/mol. The van der Waals surface area contributed by atoms with E-state index in [2.05, 4.69) is 33.4 Å². The van der Waals surface area contributed by atoms with Gasteiger partial charge in [-0.2, -0.15) is 12.7 Å². The van der Waals surface area contributed by atoms with Crippen molar-refractivity contribution in [2.75, 3.05) is 47.9 Å². The van der Waals surface area contributed by atoms with E-state index in [9.17, 15) is 18.0 Å². The van der Waals surface area contributed by atoms with Crippen molar-refractivity contribution in [1.29, 1.82) is 0 Å². The summed E-state index contributed by atoms with van der Waals surface area (Å²) >= 11 is 0. The van der Waals surface area contributed by atoms with Crippen LogP contribution in [0, 0.1) is 5.41 Å². The zero-order valence-corrected chi connectivity index (χ0v) is 30.8. The van der Waals surface area contributed by atoms with Crippen LogP contribution in [0.4, 0.5) is 0 Å². The first-order valence-corrected chi connectivity index (χ1v) is 19.6.